The van der Waals surface area contributed by atoms with Gasteiger partial charge in [-0.15, -0.1) is 0 Å². The summed E-state index contributed by atoms with van der Waals surface area (Å²) in [5, 5.41) is 0.781. The van der Waals surface area contributed by atoms with E-state index in [9.17, 15) is 0 Å². The summed E-state index contributed by atoms with van der Waals surface area (Å²) in [5.74, 6) is 0.837. The van der Waals surface area contributed by atoms with Gasteiger partial charge in [-0.2, -0.15) is 0 Å². The average molecular weight is 276 g/mol. The van der Waals surface area contributed by atoms with Crippen LogP contribution in [0.25, 0.3) is 0 Å². The maximum absolute atomic E-state index is 6.23. The van der Waals surface area contributed by atoms with Gasteiger partial charge in [0.25, 0.3) is 0 Å². The van der Waals surface area contributed by atoms with Crippen LogP contribution in [0.2, 0.25) is 5.02 Å². The minimum atomic E-state index is -0.0638. The van der Waals surface area contributed by atoms with Gasteiger partial charge in [0.15, 0.2) is 0 Å². The van der Waals surface area contributed by atoms with E-state index in [1.165, 1.54) is 0 Å². The quantitative estimate of drug-likeness (QED) is 0.918. The second kappa shape index (κ2) is 6.09. The molecule has 0 aromatic heterocycles. The van der Waals surface area contributed by atoms with Crippen molar-refractivity contribution in [2.75, 3.05) is 7.11 Å². The second-order valence-corrected chi connectivity index (χ2v) is 5.09. The molecule has 0 radical (unpaired) electrons. The summed E-state index contributed by atoms with van der Waals surface area (Å²) in [6.45, 7) is 2.03. The zero-order chi connectivity index (χ0) is 13.8. The number of ether oxygens (including phenoxy) is 1. The fourth-order valence-electron chi connectivity index (χ4n) is 2.02. The van der Waals surface area contributed by atoms with Crippen molar-refractivity contribution in [3.63, 3.8) is 0 Å². The van der Waals surface area contributed by atoms with Crippen LogP contribution in [0.5, 0.6) is 5.75 Å². The van der Waals surface area contributed by atoms with Crippen LogP contribution >= 0.6 is 11.6 Å². The number of halogens is 1. The predicted octanol–water partition coefficient (Wildman–Crippen LogP) is 3.90. The first-order valence-corrected chi connectivity index (χ1v) is 6.62. The Hall–Kier alpha value is -1.51. The molecule has 0 fully saturated rings. The summed E-state index contributed by atoms with van der Waals surface area (Å²) in [7, 11) is 1.65. The zero-order valence-electron chi connectivity index (χ0n) is 11.2. The molecule has 0 bridgehead atoms. The number of hydrogen-bond acceptors (Lipinski definition) is 2. The molecule has 2 aromatic carbocycles. The molecule has 0 saturated carbocycles. The fraction of sp³-hybridized carbons (Fsp3) is 0.250. The Bertz CT molecular complexity index is 551. The number of rotatable bonds is 4. The van der Waals surface area contributed by atoms with Gasteiger partial charge in [0.2, 0.25) is 0 Å². The third-order valence-corrected chi connectivity index (χ3v) is 3.54. The lowest BCUT2D eigenvalue weighted by molar-refractivity contribution is 0.414. The van der Waals surface area contributed by atoms with Gasteiger partial charge in [0, 0.05) is 11.1 Å². The largest absolute Gasteiger partial charge is 0.497 e. The Balaban J connectivity index is 2.13. The molecule has 0 spiro atoms. The zero-order valence-corrected chi connectivity index (χ0v) is 11.9. The van der Waals surface area contributed by atoms with Crippen LogP contribution < -0.4 is 10.5 Å². The van der Waals surface area contributed by atoms with Crippen molar-refractivity contribution < 1.29 is 4.74 Å². The van der Waals surface area contributed by atoms with Gasteiger partial charge in [-0.3, -0.25) is 0 Å². The average Bonchev–Trinajstić information content (AvgIpc) is 2.42. The van der Waals surface area contributed by atoms with E-state index in [1.54, 1.807) is 7.11 Å². The molecule has 2 rings (SSSR count). The molecular weight excluding hydrogens is 258 g/mol. The molecule has 100 valence electrons. The molecule has 2 N–H and O–H groups in total. The highest BCUT2D eigenvalue weighted by Crippen LogP contribution is 2.24. The monoisotopic (exact) mass is 275 g/mol. The Labute approximate surface area is 119 Å². The van der Waals surface area contributed by atoms with Crippen LogP contribution in [0.1, 0.15) is 22.7 Å². The highest BCUT2D eigenvalue weighted by molar-refractivity contribution is 6.31. The van der Waals surface area contributed by atoms with Crippen molar-refractivity contribution in [3.05, 3.63) is 64.2 Å². The molecule has 19 heavy (non-hydrogen) atoms. The van der Waals surface area contributed by atoms with Crippen molar-refractivity contribution >= 4 is 11.6 Å². The van der Waals surface area contributed by atoms with E-state index in [-0.39, 0.29) is 6.04 Å². The first-order chi connectivity index (χ1) is 9.10. The van der Waals surface area contributed by atoms with Gasteiger partial charge in [-0.1, -0.05) is 35.9 Å². The van der Waals surface area contributed by atoms with E-state index in [2.05, 4.69) is 6.07 Å². The van der Waals surface area contributed by atoms with E-state index in [0.717, 1.165) is 33.9 Å². The fourth-order valence-corrected chi connectivity index (χ4v) is 2.34. The van der Waals surface area contributed by atoms with Crippen LogP contribution in [0.3, 0.4) is 0 Å². The molecule has 0 heterocycles. The van der Waals surface area contributed by atoms with Crippen molar-refractivity contribution in [3.8, 4) is 5.75 Å². The molecule has 0 aliphatic rings. The molecule has 1 atom stereocenters. The number of benzene rings is 2. The van der Waals surface area contributed by atoms with Crippen molar-refractivity contribution in [2.24, 2.45) is 5.73 Å². The minimum absolute atomic E-state index is 0.0638. The predicted molar refractivity (Wildman–Crippen MR) is 79.8 cm³/mol. The minimum Gasteiger partial charge on any atom is -0.497 e. The molecule has 0 amide bonds. The van der Waals surface area contributed by atoms with E-state index < -0.39 is 0 Å². The lowest BCUT2D eigenvalue weighted by atomic mass is 9.99. The maximum atomic E-state index is 6.23. The standard InChI is InChI=1S/C16H18ClNO/c1-11-3-4-13(15(17)9-11)10-16(18)12-5-7-14(19-2)8-6-12/h3-9,16H,10,18H2,1-2H3. The van der Waals surface area contributed by atoms with Gasteiger partial charge in [0.05, 0.1) is 7.11 Å². The summed E-state index contributed by atoms with van der Waals surface area (Å²) < 4.78 is 5.14. The molecule has 3 heteroatoms. The third-order valence-electron chi connectivity index (χ3n) is 3.19. The SMILES string of the molecule is COc1ccc(C(N)Cc2ccc(C)cc2Cl)cc1. The van der Waals surface area contributed by atoms with E-state index in [1.807, 2.05) is 43.3 Å². The molecule has 0 aliphatic heterocycles. The summed E-state index contributed by atoms with van der Waals surface area (Å²) in [5.41, 5.74) is 9.55. The van der Waals surface area contributed by atoms with Gasteiger partial charge < -0.3 is 10.5 Å². The molecule has 0 saturated heterocycles. The first kappa shape index (κ1) is 13.9. The van der Waals surface area contributed by atoms with Crippen LogP contribution in [-0.2, 0) is 6.42 Å². The molecule has 2 nitrogen and oxygen atoms in total. The molecular formula is C16H18ClNO. The smallest absolute Gasteiger partial charge is 0.118 e. The summed E-state index contributed by atoms with van der Waals surface area (Å²) in [6, 6.07) is 13.8. The van der Waals surface area contributed by atoms with E-state index >= 15 is 0 Å². The normalized spacial score (nSPS) is 12.2. The molecule has 0 aliphatic carbocycles. The van der Waals surface area contributed by atoms with Crippen LogP contribution in [0.15, 0.2) is 42.5 Å². The van der Waals surface area contributed by atoms with Gasteiger partial charge >= 0.3 is 0 Å². The topological polar surface area (TPSA) is 35.2 Å². The van der Waals surface area contributed by atoms with Crippen molar-refractivity contribution in [1.29, 1.82) is 0 Å². The Morgan fingerprint density at radius 1 is 1.16 bits per heavy atom. The maximum Gasteiger partial charge on any atom is 0.118 e. The van der Waals surface area contributed by atoms with Crippen molar-refractivity contribution in [2.45, 2.75) is 19.4 Å². The lowest BCUT2D eigenvalue weighted by Crippen LogP contribution is -2.13. The van der Waals surface area contributed by atoms with Gasteiger partial charge in [0.1, 0.15) is 5.75 Å². The summed E-state index contributed by atoms with van der Waals surface area (Å²) in [6.07, 6.45) is 0.728. The number of aryl methyl sites for hydroxylation is 1. The Morgan fingerprint density at radius 3 is 2.42 bits per heavy atom. The number of methoxy groups -OCH3 is 1. The summed E-state index contributed by atoms with van der Waals surface area (Å²) >= 11 is 6.23. The Kier molecular flexibility index (Phi) is 4.46. The summed E-state index contributed by atoms with van der Waals surface area (Å²) in [4.78, 5) is 0. The van der Waals surface area contributed by atoms with Crippen LogP contribution in [0, 0.1) is 6.92 Å². The molecule has 2 aromatic rings. The van der Waals surface area contributed by atoms with E-state index in [4.69, 9.17) is 22.1 Å². The first-order valence-electron chi connectivity index (χ1n) is 6.24. The van der Waals surface area contributed by atoms with Gasteiger partial charge in [-0.25, -0.2) is 0 Å². The number of hydrogen-bond donors (Lipinski definition) is 1. The Morgan fingerprint density at radius 2 is 1.84 bits per heavy atom. The van der Waals surface area contributed by atoms with Gasteiger partial charge in [-0.05, 0) is 48.2 Å². The molecule has 1 unspecified atom stereocenters. The highest BCUT2D eigenvalue weighted by atomic mass is 35.5. The third kappa shape index (κ3) is 3.49. The second-order valence-electron chi connectivity index (χ2n) is 4.68. The van der Waals surface area contributed by atoms with Crippen LogP contribution in [0.4, 0.5) is 0 Å². The van der Waals surface area contributed by atoms with E-state index in [0.29, 0.717) is 0 Å². The van der Waals surface area contributed by atoms with Crippen molar-refractivity contribution in [1.82, 2.24) is 0 Å². The highest BCUT2D eigenvalue weighted by Gasteiger charge is 2.10. The van der Waals surface area contributed by atoms with Crippen LogP contribution in [-0.4, -0.2) is 7.11 Å². The number of nitrogens with two attached hydrogens (primary N) is 1. The lowest BCUT2D eigenvalue weighted by Gasteiger charge is -2.14.